The number of methoxy groups -OCH3 is 1. The number of nitrogens with one attached hydrogen (secondary N) is 1. The van der Waals surface area contributed by atoms with E-state index in [0.717, 1.165) is 15.9 Å². The van der Waals surface area contributed by atoms with Crippen LogP contribution in [0.3, 0.4) is 0 Å². The number of benzene rings is 2. The molecule has 106 valence electrons. The van der Waals surface area contributed by atoms with Gasteiger partial charge in [-0.25, -0.2) is 0 Å². The average molecular weight is 334 g/mol. The van der Waals surface area contributed by atoms with E-state index in [9.17, 15) is 0 Å². The Balaban J connectivity index is 2.18. The molecule has 2 aromatic carbocycles. The summed E-state index contributed by atoms with van der Waals surface area (Å²) in [6.45, 7) is 6.45. The SMILES string of the molecule is COc1ccc(NC(C)c2ccc(C)cc2C)cc1Br. The van der Waals surface area contributed by atoms with Crippen LogP contribution in [0.5, 0.6) is 5.75 Å². The molecule has 0 heterocycles. The van der Waals surface area contributed by atoms with E-state index in [2.05, 4.69) is 60.2 Å². The predicted molar refractivity (Wildman–Crippen MR) is 88.6 cm³/mol. The van der Waals surface area contributed by atoms with Crippen molar-refractivity contribution >= 4 is 21.6 Å². The van der Waals surface area contributed by atoms with Gasteiger partial charge < -0.3 is 10.1 Å². The topological polar surface area (TPSA) is 21.3 Å². The minimum absolute atomic E-state index is 0.260. The van der Waals surface area contributed by atoms with Crippen LogP contribution < -0.4 is 10.1 Å². The first-order valence-corrected chi connectivity index (χ1v) is 7.48. The Labute approximate surface area is 129 Å². The van der Waals surface area contributed by atoms with E-state index in [1.165, 1.54) is 16.7 Å². The quantitative estimate of drug-likeness (QED) is 0.825. The summed E-state index contributed by atoms with van der Waals surface area (Å²) >= 11 is 3.51. The molecule has 0 amide bonds. The second-order valence-electron chi connectivity index (χ2n) is 5.08. The summed E-state index contributed by atoms with van der Waals surface area (Å²) in [4.78, 5) is 0. The van der Waals surface area contributed by atoms with Gasteiger partial charge in [0.15, 0.2) is 0 Å². The number of ether oxygens (including phenoxy) is 1. The number of hydrogen-bond acceptors (Lipinski definition) is 2. The maximum absolute atomic E-state index is 5.25. The molecule has 0 saturated carbocycles. The van der Waals surface area contributed by atoms with Crippen LogP contribution in [-0.4, -0.2) is 7.11 Å². The van der Waals surface area contributed by atoms with Gasteiger partial charge in [0.2, 0.25) is 0 Å². The van der Waals surface area contributed by atoms with Crippen molar-refractivity contribution in [3.8, 4) is 5.75 Å². The Morgan fingerprint density at radius 1 is 1.10 bits per heavy atom. The number of halogens is 1. The van der Waals surface area contributed by atoms with E-state index in [-0.39, 0.29) is 6.04 Å². The summed E-state index contributed by atoms with van der Waals surface area (Å²) in [5.74, 6) is 0.842. The third-order valence-electron chi connectivity index (χ3n) is 3.43. The number of aryl methyl sites for hydroxylation is 2. The maximum Gasteiger partial charge on any atom is 0.133 e. The van der Waals surface area contributed by atoms with Crippen LogP contribution in [0.2, 0.25) is 0 Å². The van der Waals surface area contributed by atoms with Crippen molar-refractivity contribution in [2.45, 2.75) is 26.8 Å². The van der Waals surface area contributed by atoms with Gasteiger partial charge in [-0.15, -0.1) is 0 Å². The molecule has 0 saturated heterocycles. The highest BCUT2D eigenvalue weighted by Gasteiger charge is 2.09. The Kier molecular flexibility index (Phi) is 4.71. The third kappa shape index (κ3) is 3.34. The Morgan fingerprint density at radius 2 is 1.85 bits per heavy atom. The lowest BCUT2D eigenvalue weighted by atomic mass is 10.00. The molecule has 1 unspecified atom stereocenters. The Morgan fingerprint density at radius 3 is 2.45 bits per heavy atom. The lowest BCUT2D eigenvalue weighted by Crippen LogP contribution is -2.08. The van der Waals surface area contributed by atoms with Crippen molar-refractivity contribution < 1.29 is 4.74 Å². The van der Waals surface area contributed by atoms with Crippen LogP contribution >= 0.6 is 15.9 Å². The number of hydrogen-bond donors (Lipinski definition) is 1. The molecule has 0 fully saturated rings. The van der Waals surface area contributed by atoms with Gasteiger partial charge in [-0.05, 0) is 66.0 Å². The van der Waals surface area contributed by atoms with Crippen molar-refractivity contribution in [1.29, 1.82) is 0 Å². The van der Waals surface area contributed by atoms with Crippen LogP contribution in [0.25, 0.3) is 0 Å². The summed E-state index contributed by atoms with van der Waals surface area (Å²) < 4.78 is 6.20. The first kappa shape index (κ1) is 14.9. The highest BCUT2D eigenvalue weighted by Crippen LogP contribution is 2.30. The van der Waals surface area contributed by atoms with Gasteiger partial charge in [-0.2, -0.15) is 0 Å². The second kappa shape index (κ2) is 6.31. The predicted octanol–water partition coefficient (Wildman–Crippen LogP) is 5.25. The normalized spacial score (nSPS) is 12.1. The monoisotopic (exact) mass is 333 g/mol. The van der Waals surface area contributed by atoms with Crippen LogP contribution in [0.4, 0.5) is 5.69 Å². The molecule has 0 aliphatic heterocycles. The molecular formula is C17H20BrNO. The average Bonchev–Trinajstić information content (AvgIpc) is 2.38. The lowest BCUT2D eigenvalue weighted by molar-refractivity contribution is 0.412. The first-order chi connectivity index (χ1) is 9.51. The Hall–Kier alpha value is -1.48. The van der Waals surface area contributed by atoms with E-state index >= 15 is 0 Å². The van der Waals surface area contributed by atoms with E-state index in [4.69, 9.17) is 4.74 Å². The largest absolute Gasteiger partial charge is 0.496 e. The van der Waals surface area contributed by atoms with Gasteiger partial charge in [0, 0.05) is 11.7 Å². The zero-order valence-electron chi connectivity index (χ0n) is 12.3. The minimum Gasteiger partial charge on any atom is -0.496 e. The van der Waals surface area contributed by atoms with Gasteiger partial charge in [0.25, 0.3) is 0 Å². The molecule has 2 nitrogen and oxygen atoms in total. The fraction of sp³-hybridized carbons (Fsp3) is 0.294. The standard InChI is InChI=1S/C17H20BrNO/c1-11-5-7-15(12(2)9-11)13(3)19-14-6-8-17(20-4)16(18)10-14/h5-10,13,19H,1-4H3. The van der Waals surface area contributed by atoms with Crippen LogP contribution in [0.1, 0.15) is 29.7 Å². The minimum atomic E-state index is 0.260. The Bertz CT molecular complexity index is 610. The molecule has 0 aliphatic carbocycles. The van der Waals surface area contributed by atoms with Crippen LogP contribution in [-0.2, 0) is 0 Å². The molecule has 2 aromatic rings. The third-order valence-corrected chi connectivity index (χ3v) is 4.05. The maximum atomic E-state index is 5.25. The van der Waals surface area contributed by atoms with Crippen LogP contribution in [0.15, 0.2) is 40.9 Å². The fourth-order valence-electron chi connectivity index (χ4n) is 2.40. The first-order valence-electron chi connectivity index (χ1n) is 6.68. The molecule has 0 spiro atoms. The molecule has 1 N–H and O–H groups in total. The summed E-state index contributed by atoms with van der Waals surface area (Å²) in [5, 5.41) is 3.53. The van der Waals surface area contributed by atoms with E-state index in [1.807, 2.05) is 18.2 Å². The van der Waals surface area contributed by atoms with Crippen molar-refractivity contribution in [2.24, 2.45) is 0 Å². The molecule has 3 heteroatoms. The van der Waals surface area contributed by atoms with E-state index in [0.29, 0.717) is 0 Å². The molecule has 2 rings (SSSR count). The van der Waals surface area contributed by atoms with Gasteiger partial charge in [-0.3, -0.25) is 0 Å². The molecular weight excluding hydrogens is 314 g/mol. The highest BCUT2D eigenvalue weighted by molar-refractivity contribution is 9.10. The summed E-state index contributed by atoms with van der Waals surface area (Å²) in [5.41, 5.74) is 5.01. The van der Waals surface area contributed by atoms with Gasteiger partial charge in [0.1, 0.15) is 5.75 Å². The fourth-order valence-corrected chi connectivity index (χ4v) is 2.94. The van der Waals surface area contributed by atoms with Gasteiger partial charge >= 0.3 is 0 Å². The highest BCUT2D eigenvalue weighted by atomic mass is 79.9. The van der Waals surface area contributed by atoms with Crippen LogP contribution in [0, 0.1) is 13.8 Å². The molecule has 1 atom stereocenters. The molecule has 20 heavy (non-hydrogen) atoms. The van der Waals surface area contributed by atoms with Crippen molar-refractivity contribution in [2.75, 3.05) is 12.4 Å². The zero-order valence-corrected chi connectivity index (χ0v) is 13.9. The van der Waals surface area contributed by atoms with Gasteiger partial charge in [0.05, 0.1) is 11.6 Å². The van der Waals surface area contributed by atoms with Crippen molar-refractivity contribution in [1.82, 2.24) is 0 Å². The second-order valence-corrected chi connectivity index (χ2v) is 5.93. The molecule has 0 aromatic heterocycles. The van der Waals surface area contributed by atoms with Crippen molar-refractivity contribution in [3.05, 3.63) is 57.6 Å². The van der Waals surface area contributed by atoms with E-state index < -0.39 is 0 Å². The summed E-state index contributed by atoms with van der Waals surface area (Å²) in [6.07, 6.45) is 0. The smallest absolute Gasteiger partial charge is 0.133 e. The number of rotatable bonds is 4. The lowest BCUT2D eigenvalue weighted by Gasteiger charge is -2.19. The molecule has 0 aliphatic rings. The summed E-state index contributed by atoms with van der Waals surface area (Å²) in [7, 11) is 1.67. The summed E-state index contributed by atoms with van der Waals surface area (Å²) in [6, 6.07) is 12.9. The zero-order chi connectivity index (χ0) is 14.7. The van der Waals surface area contributed by atoms with Crippen molar-refractivity contribution in [3.63, 3.8) is 0 Å². The van der Waals surface area contributed by atoms with Gasteiger partial charge in [-0.1, -0.05) is 23.8 Å². The van der Waals surface area contributed by atoms with E-state index in [1.54, 1.807) is 7.11 Å². The number of anilines is 1. The molecule has 0 bridgehead atoms. The molecule has 0 radical (unpaired) electrons.